The van der Waals surface area contributed by atoms with Crippen molar-refractivity contribution >= 4 is 27.5 Å². The largest absolute Gasteiger partial charge is 0.358 e. The van der Waals surface area contributed by atoms with Crippen molar-refractivity contribution in [1.29, 1.82) is 0 Å². The highest BCUT2D eigenvalue weighted by molar-refractivity contribution is 8.76. The van der Waals surface area contributed by atoms with Crippen LogP contribution in [0, 0.1) is 46.3 Å². The molecule has 4 nitrogen and oxygen atoms in total. The van der Waals surface area contributed by atoms with Gasteiger partial charge >= 0.3 is 0 Å². The minimum Gasteiger partial charge on any atom is -0.358 e. The summed E-state index contributed by atoms with van der Waals surface area (Å²) in [6, 6.07) is 0. The first-order chi connectivity index (χ1) is 22.6. The number of fused-ring (bicyclic) bond motifs is 5. The first kappa shape index (κ1) is 39.6. The van der Waals surface area contributed by atoms with Gasteiger partial charge in [0, 0.05) is 36.9 Å². The first-order valence-corrected chi connectivity index (χ1v) is 22.9. The fourth-order valence-electron chi connectivity index (χ4n) is 11.0. The van der Waals surface area contributed by atoms with E-state index in [1.165, 1.54) is 103 Å². The Bertz CT molecular complexity index is 972. The molecule has 0 aromatic rings. The average Bonchev–Trinajstić information content (AvgIpc) is 3.41. The predicted molar refractivity (Wildman–Crippen MR) is 206 cm³/mol. The van der Waals surface area contributed by atoms with Crippen molar-refractivity contribution in [3.05, 3.63) is 11.6 Å². The van der Waals surface area contributed by atoms with Crippen LogP contribution in [0.1, 0.15) is 157 Å². The molecule has 6 heteroatoms. The Morgan fingerprint density at radius 1 is 0.872 bits per heavy atom. The zero-order chi connectivity index (χ0) is 33.9. The number of unbranched alkanes of at least 4 members (excludes halogenated alkanes) is 5. The summed E-state index contributed by atoms with van der Waals surface area (Å²) < 4.78 is 0. The second kappa shape index (κ2) is 19.4. The lowest BCUT2D eigenvalue weighted by molar-refractivity contribution is -0.368. The van der Waals surface area contributed by atoms with E-state index in [9.17, 15) is 4.79 Å². The van der Waals surface area contributed by atoms with Crippen molar-refractivity contribution in [1.82, 2.24) is 4.90 Å². The lowest BCUT2D eigenvalue weighted by Crippen LogP contribution is -2.51. The number of carbonyl (C=O) groups is 1. The summed E-state index contributed by atoms with van der Waals surface area (Å²) in [5, 5.41) is 0.716. The molecule has 4 aliphatic rings. The Balaban J connectivity index is 1.22. The van der Waals surface area contributed by atoms with Gasteiger partial charge in [0.25, 0.3) is 0 Å². The van der Waals surface area contributed by atoms with E-state index in [1.807, 2.05) is 16.4 Å². The normalized spacial score (nSPS) is 32.4. The monoisotopic (exact) mass is 692 g/mol. The zero-order valence-electron chi connectivity index (χ0n) is 31.7. The van der Waals surface area contributed by atoms with Crippen LogP contribution in [0.2, 0.25) is 0 Å². The summed E-state index contributed by atoms with van der Waals surface area (Å²) in [7, 11) is 4.08. The molecule has 4 aliphatic carbocycles. The van der Waals surface area contributed by atoms with Crippen LogP contribution in [0.25, 0.3) is 0 Å². The van der Waals surface area contributed by atoms with Gasteiger partial charge in [-0.25, -0.2) is 0 Å². The molecule has 47 heavy (non-hydrogen) atoms. The second-order valence-corrected chi connectivity index (χ2v) is 20.2. The maximum Gasteiger partial charge on any atom is 0.223 e. The van der Waals surface area contributed by atoms with Crippen LogP contribution in [0.5, 0.6) is 0 Å². The van der Waals surface area contributed by atoms with Gasteiger partial charge in [-0.15, -0.1) is 0 Å². The minimum atomic E-state index is 0.365. The maximum atomic E-state index is 13.2. The van der Waals surface area contributed by atoms with Gasteiger partial charge in [0.2, 0.25) is 5.91 Å². The SMILES string of the molecule is CC(C)CCC[C@@H](C)[C@H]1CC[C@H]2[C@@H]3CC=C4C[C@@H](SSCCC(=O)N(CCC[NH3+])CCCCCCCC[NH3+])CC[C@]4(C)[C@H]3CC[C@]12C. The molecule has 4 rings (SSSR count). The second-order valence-electron chi connectivity index (χ2n) is 17.4. The number of amides is 1. The standard InChI is InChI=1S/C41H75N3OS2/c1-31(2)14-12-15-32(3)36-18-19-37-35-17-16-33-30-34(20-23-40(33,4)38(35)21-24-41(36,37)5)47-46-29-22-39(45)44(28-13-26-43)27-11-9-7-6-8-10-25-42/h16,31-32,34-38H,6-15,17-30,42-43H2,1-5H3/p+2/t32-,34+,35+,36-,37+,38+,40+,41-/m1/s1. The van der Waals surface area contributed by atoms with Crippen LogP contribution < -0.4 is 11.5 Å². The van der Waals surface area contributed by atoms with Crippen molar-refractivity contribution < 1.29 is 16.3 Å². The molecule has 0 bridgehead atoms. The van der Waals surface area contributed by atoms with E-state index in [1.54, 1.807) is 0 Å². The molecule has 0 heterocycles. The van der Waals surface area contributed by atoms with Crippen molar-refractivity contribution in [3.8, 4) is 0 Å². The third-order valence-corrected chi connectivity index (χ3v) is 16.7. The van der Waals surface area contributed by atoms with Gasteiger partial charge in [-0.1, -0.05) is 106 Å². The molecule has 272 valence electrons. The fraction of sp³-hybridized carbons (Fsp3) is 0.927. The van der Waals surface area contributed by atoms with Crippen molar-refractivity contribution in [2.24, 2.45) is 46.3 Å². The quantitative estimate of drug-likeness (QED) is 0.0716. The highest BCUT2D eigenvalue weighted by atomic mass is 33.1. The van der Waals surface area contributed by atoms with Crippen molar-refractivity contribution in [2.75, 3.05) is 31.9 Å². The molecule has 0 aliphatic heterocycles. The number of hydrogen-bond donors (Lipinski definition) is 2. The molecule has 3 fully saturated rings. The Labute approximate surface area is 299 Å². The van der Waals surface area contributed by atoms with E-state index in [0.717, 1.165) is 80.3 Å². The van der Waals surface area contributed by atoms with Gasteiger partial charge in [-0.2, -0.15) is 0 Å². The van der Waals surface area contributed by atoms with Gasteiger partial charge in [0.05, 0.1) is 13.1 Å². The number of nitrogens with zero attached hydrogens (tertiary/aromatic N) is 1. The molecular weight excluding hydrogens is 615 g/mol. The van der Waals surface area contributed by atoms with Crippen LogP contribution in [-0.4, -0.2) is 48.0 Å². The van der Waals surface area contributed by atoms with Crippen LogP contribution >= 0.6 is 21.6 Å². The molecule has 0 unspecified atom stereocenters. The molecule has 0 spiro atoms. The number of allylic oxidation sites excluding steroid dienone is 2. The average molecular weight is 692 g/mol. The van der Waals surface area contributed by atoms with E-state index in [-0.39, 0.29) is 0 Å². The van der Waals surface area contributed by atoms with E-state index in [4.69, 9.17) is 0 Å². The summed E-state index contributed by atoms with van der Waals surface area (Å²) in [5.41, 5.74) is 10.8. The molecule has 0 saturated heterocycles. The maximum absolute atomic E-state index is 13.2. The lowest BCUT2D eigenvalue weighted by Gasteiger charge is -2.58. The molecular formula is C41H77N3OS2+2. The highest BCUT2D eigenvalue weighted by Crippen LogP contribution is 2.67. The van der Waals surface area contributed by atoms with E-state index >= 15 is 0 Å². The van der Waals surface area contributed by atoms with Crippen molar-refractivity contribution in [3.63, 3.8) is 0 Å². The van der Waals surface area contributed by atoms with Crippen LogP contribution in [0.15, 0.2) is 11.6 Å². The summed E-state index contributed by atoms with van der Waals surface area (Å²) in [6.45, 7) is 16.6. The van der Waals surface area contributed by atoms with Crippen LogP contribution in [0.4, 0.5) is 0 Å². The lowest BCUT2D eigenvalue weighted by atomic mass is 9.47. The van der Waals surface area contributed by atoms with E-state index < -0.39 is 0 Å². The first-order valence-electron chi connectivity index (χ1n) is 20.5. The fourth-order valence-corrected chi connectivity index (χ4v) is 13.6. The molecule has 6 N–H and O–H groups in total. The van der Waals surface area contributed by atoms with Gasteiger partial charge in [0.1, 0.15) is 0 Å². The third kappa shape index (κ3) is 10.4. The number of rotatable bonds is 21. The molecule has 3 saturated carbocycles. The summed E-state index contributed by atoms with van der Waals surface area (Å²) >= 11 is 0. The number of hydrogen-bond acceptors (Lipinski definition) is 3. The number of quaternary nitrogens is 2. The van der Waals surface area contributed by atoms with Crippen molar-refractivity contribution in [2.45, 2.75) is 162 Å². The third-order valence-electron chi connectivity index (χ3n) is 13.8. The van der Waals surface area contributed by atoms with Gasteiger partial charge in [0.15, 0.2) is 0 Å². The van der Waals surface area contributed by atoms with Crippen LogP contribution in [0.3, 0.4) is 0 Å². The van der Waals surface area contributed by atoms with Crippen LogP contribution in [-0.2, 0) is 4.79 Å². The molecule has 0 radical (unpaired) electrons. The summed E-state index contributed by atoms with van der Waals surface area (Å²) in [6.07, 6.45) is 27.6. The van der Waals surface area contributed by atoms with E-state index in [2.05, 4.69) is 67.9 Å². The van der Waals surface area contributed by atoms with Gasteiger partial charge < -0.3 is 16.4 Å². The van der Waals surface area contributed by atoms with Gasteiger partial charge in [-0.3, -0.25) is 4.79 Å². The zero-order valence-corrected chi connectivity index (χ0v) is 33.3. The Kier molecular flexibility index (Phi) is 16.4. The van der Waals surface area contributed by atoms with E-state index in [0.29, 0.717) is 28.4 Å². The smallest absolute Gasteiger partial charge is 0.223 e. The summed E-state index contributed by atoms with van der Waals surface area (Å²) in [5.74, 6) is 6.78. The van der Waals surface area contributed by atoms with Gasteiger partial charge in [-0.05, 0) is 117 Å². The topological polar surface area (TPSA) is 75.6 Å². The molecule has 8 atom stereocenters. The Morgan fingerprint density at radius 3 is 2.34 bits per heavy atom. The molecule has 0 aromatic carbocycles. The number of carbonyl (C=O) groups excluding carboxylic acids is 1. The Morgan fingerprint density at radius 2 is 1.60 bits per heavy atom. The minimum absolute atomic E-state index is 0.365. The summed E-state index contributed by atoms with van der Waals surface area (Å²) in [4.78, 5) is 15.3. The Hall–Kier alpha value is -0.170. The predicted octanol–water partition coefficient (Wildman–Crippen LogP) is 9.21. The highest BCUT2D eigenvalue weighted by Gasteiger charge is 2.59. The molecule has 1 amide bonds. The molecule has 0 aromatic heterocycles.